The molecule has 0 radical (unpaired) electrons. The van der Waals surface area contributed by atoms with E-state index in [4.69, 9.17) is 21.7 Å². The second-order valence-corrected chi connectivity index (χ2v) is 8.14. The quantitative estimate of drug-likeness (QED) is 0.318. The normalized spacial score (nSPS) is 16.1. The number of aryl methyl sites for hydroxylation is 1. The first-order valence-corrected chi connectivity index (χ1v) is 10.8. The van der Waals surface area contributed by atoms with Gasteiger partial charge in [-0.2, -0.15) is 0 Å². The van der Waals surface area contributed by atoms with E-state index >= 15 is 0 Å². The Morgan fingerprint density at radius 3 is 2.48 bits per heavy atom. The number of fused-ring (bicyclic) bond motifs is 1. The van der Waals surface area contributed by atoms with E-state index in [1.54, 1.807) is 35.2 Å². The molecule has 5 rings (SSSR count). The molecule has 2 aliphatic rings. The minimum Gasteiger partial charge on any atom is -0.454 e. The van der Waals surface area contributed by atoms with Gasteiger partial charge in [-0.15, -0.1) is 0 Å². The monoisotopic (exact) mass is 456 g/mol. The van der Waals surface area contributed by atoms with Gasteiger partial charge in [-0.1, -0.05) is 54.1 Å². The standard InChI is InChI=1S/C26H20N2O4S/c1-17-7-10-19(11-8-17)22(29)15-27-21(13-18-9-12-23-24(14-18)32-16-31-23)25(30)28(26(27)33)20-5-3-2-4-6-20/h2-14H,15-16H2,1H3/b21-13+. The zero-order valence-corrected chi connectivity index (χ0v) is 18.7. The molecule has 0 aliphatic carbocycles. The molecule has 0 saturated carbocycles. The number of ketones is 1. The highest BCUT2D eigenvalue weighted by molar-refractivity contribution is 7.80. The van der Waals surface area contributed by atoms with Crippen LogP contribution in [0.3, 0.4) is 0 Å². The SMILES string of the molecule is Cc1ccc(C(=O)CN2C(=S)N(c3ccccc3)C(=O)/C2=C\c2ccc3c(c2)OCO3)cc1. The number of thiocarbonyl (C=S) groups is 1. The van der Waals surface area contributed by atoms with E-state index in [2.05, 4.69) is 0 Å². The van der Waals surface area contributed by atoms with Gasteiger partial charge >= 0.3 is 0 Å². The van der Waals surface area contributed by atoms with Gasteiger partial charge in [0, 0.05) is 5.56 Å². The highest BCUT2D eigenvalue weighted by atomic mass is 32.1. The summed E-state index contributed by atoms with van der Waals surface area (Å²) in [5.74, 6) is 0.847. The number of benzene rings is 3. The maximum atomic E-state index is 13.5. The number of rotatable bonds is 5. The molecule has 0 atom stereocenters. The molecule has 3 aromatic carbocycles. The van der Waals surface area contributed by atoms with Crippen LogP contribution in [-0.2, 0) is 4.79 Å². The van der Waals surface area contributed by atoms with Crippen molar-refractivity contribution in [1.82, 2.24) is 4.90 Å². The Bertz CT molecular complexity index is 1290. The number of anilines is 1. The van der Waals surface area contributed by atoms with Gasteiger partial charge in [-0.25, -0.2) is 0 Å². The maximum absolute atomic E-state index is 13.5. The van der Waals surface area contributed by atoms with Crippen molar-refractivity contribution >= 4 is 40.8 Å². The fraction of sp³-hybridized carbons (Fsp3) is 0.115. The average Bonchev–Trinajstić information content (AvgIpc) is 3.38. The van der Waals surface area contributed by atoms with Crippen molar-refractivity contribution in [2.24, 2.45) is 0 Å². The Balaban J connectivity index is 1.53. The molecule has 6 nitrogen and oxygen atoms in total. The Labute approximate surface area is 196 Å². The molecular weight excluding hydrogens is 436 g/mol. The van der Waals surface area contributed by atoms with Crippen LogP contribution in [0.1, 0.15) is 21.5 Å². The van der Waals surface area contributed by atoms with Gasteiger partial charge in [0.25, 0.3) is 5.91 Å². The van der Waals surface area contributed by atoms with E-state index < -0.39 is 0 Å². The summed E-state index contributed by atoms with van der Waals surface area (Å²) >= 11 is 5.68. The lowest BCUT2D eigenvalue weighted by molar-refractivity contribution is -0.114. The highest BCUT2D eigenvalue weighted by Gasteiger charge is 2.40. The lowest BCUT2D eigenvalue weighted by atomic mass is 10.1. The molecule has 1 saturated heterocycles. The maximum Gasteiger partial charge on any atom is 0.281 e. The van der Waals surface area contributed by atoms with Gasteiger partial charge in [0.15, 0.2) is 22.4 Å². The van der Waals surface area contributed by atoms with Gasteiger partial charge in [0.05, 0.1) is 12.2 Å². The van der Waals surface area contributed by atoms with E-state index in [1.807, 2.05) is 55.5 Å². The summed E-state index contributed by atoms with van der Waals surface area (Å²) in [4.78, 5) is 29.6. The summed E-state index contributed by atoms with van der Waals surface area (Å²) in [5, 5.41) is 0.263. The van der Waals surface area contributed by atoms with Gasteiger partial charge in [0.2, 0.25) is 6.79 Å². The zero-order chi connectivity index (χ0) is 22.9. The van der Waals surface area contributed by atoms with Crippen molar-refractivity contribution in [3.05, 3.63) is 95.2 Å². The van der Waals surface area contributed by atoms with E-state index in [9.17, 15) is 9.59 Å². The van der Waals surface area contributed by atoms with Crippen molar-refractivity contribution in [2.75, 3.05) is 18.2 Å². The molecule has 0 aromatic heterocycles. The fourth-order valence-corrected chi connectivity index (χ4v) is 4.12. The highest BCUT2D eigenvalue weighted by Crippen LogP contribution is 2.34. The number of carbonyl (C=O) groups is 2. The first-order chi connectivity index (χ1) is 16.0. The molecule has 0 bridgehead atoms. The predicted molar refractivity (Wildman–Crippen MR) is 129 cm³/mol. The average molecular weight is 457 g/mol. The number of nitrogens with zero attached hydrogens (tertiary/aromatic N) is 2. The molecule has 7 heteroatoms. The molecule has 0 spiro atoms. The smallest absolute Gasteiger partial charge is 0.281 e. The van der Waals surface area contributed by atoms with E-state index in [-0.39, 0.29) is 30.1 Å². The largest absolute Gasteiger partial charge is 0.454 e. The van der Waals surface area contributed by atoms with Crippen LogP contribution < -0.4 is 14.4 Å². The van der Waals surface area contributed by atoms with E-state index in [0.29, 0.717) is 28.4 Å². The van der Waals surface area contributed by atoms with Gasteiger partial charge < -0.3 is 14.4 Å². The second kappa shape index (κ2) is 8.52. The van der Waals surface area contributed by atoms with Gasteiger partial charge in [-0.05, 0) is 55.0 Å². The second-order valence-electron chi connectivity index (χ2n) is 7.78. The summed E-state index contributed by atoms with van der Waals surface area (Å²) in [6.07, 6.45) is 1.72. The Hall–Kier alpha value is -3.97. The summed E-state index contributed by atoms with van der Waals surface area (Å²) in [5.41, 5.74) is 3.35. The molecule has 0 N–H and O–H groups in total. The van der Waals surface area contributed by atoms with Crippen LogP contribution in [0, 0.1) is 6.92 Å². The minimum absolute atomic E-state index is 0.0483. The molecule has 1 fully saturated rings. The van der Waals surface area contributed by atoms with Crippen molar-refractivity contribution in [3.63, 3.8) is 0 Å². The van der Waals surface area contributed by atoms with Gasteiger partial charge in [0.1, 0.15) is 5.70 Å². The van der Waals surface area contributed by atoms with Crippen LogP contribution in [0.25, 0.3) is 6.08 Å². The minimum atomic E-state index is -0.291. The van der Waals surface area contributed by atoms with Crippen LogP contribution in [0.4, 0.5) is 5.69 Å². The Morgan fingerprint density at radius 2 is 1.73 bits per heavy atom. The van der Waals surface area contributed by atoms with Crippen molar-refractivity contribution in [1.29, 1.82) is 0 Å². The summed E-state index contributed by atoms with van der Waals surface area (Å²) in [6, 6.07) is 22.0. The summed E-state index contributed by atoms with van der Waals surface area (Å²) < 4.78 is 10.8. The van der Waals surface area contributed by atoms with Crippen LogP contribution in [0.2, 0.25) is 0 Å². The molecule has 164 valence electrons. The lowest BCUT2D eigenvalue weighted by Gasteiger charge is -2.20. The van der Waals surface area contributed by atoms with Crippen molar-refractivity contribution in [2.45, 2.75) is 6.92 Å². The van der Waals surface area contributed by atoms with Crippen LogP contribution in [0.15, 0.2) is 78.5 Å². The Morgan fingerprint density at radius 1 is 1.00 bits per heavy atom. The number of carbonyl (C=O) groups excluding carboxylic acids is 2. The number of para-hydroxylation sites is 1. The van der Waals surface area contributed by atoms with Crippen LogP contribution in [0.5, 0.6) is 11.5 Å². The molecule has 2 aliphatic heterocycles. The molecule has 3 aromatic rings. The van der Waals surface area contributed by atoms with Gasteiger partial charge in [-0.3, -0.25) is 14.5 Å². The fourth-order valence-electron chi connectivity index (χ4n) is 3.77. The number of hydrogen-bond donors (Lipinski definition) is 0. The van der Waals surface area contributed by atoms with E-state index in [1.165, 1.54) is 4.90 Å². The first-order valence-electron chi connectivity index (χ1n) is 10.4. The van der Waals surface area contributed by atoms with Crippen LogP contribution in [-0.4, -0.2) is 35.0 Å². The molecule has 0 unspecified atom stereocenters. The number of hydrogen-bond acceptors (Lipinski definition) is 5. The molecular formula is C26H20N2O4S. The summed E-state index contributed by atoms with van der Waals surface area (Å²) in [7, 11) is 0. The van der Waals surface area contributed by atoms with Crippen molar-refractivity contribution in [3.8, 4) is 11.5 Å². The topological polar surface area (TPSA) is 59.1 Å². The molecule has 33 heavy (non-hydrogen) atoms. The van der Waals surface area contributed by atoms with E-state index in [0.717, 1.165) is 11.1 Å². The summed E-state index contributed by atoms with van der Waals surface area (Å²) in [6.45, 7) is 2.08. The zero-order valence-electron chi connectivity index (χ0n) is 17.9. The van der Waals surface area contributed by atoms with Crippen LogP contribution >= 0.6 is 12.2 Å². The number of amides is 1. The first kappa shape index (κ1) is 20.9. The molecule has 2 heterocycles. The third-order valence-corrected chi connectivity index (χ3v) is 5.93. The molecule has 1 amide bonds. The third-order valence-electron chi connectivity index (χ3n) is 5.52. The van der Waals surface area contributed by atoms with Crippen molar-refractivity contribution < 1.29 is 19.1 Å². The Kier molecular flexibility index (Phi) is 5.40. The third kappa shape index (κ3) is 3.99. The lowest BCUT2D eigenvalue weighted by Crippen LogP contribution is -2.35. The number of ether oxygens (including phenoxy) is 2. The predicted octanol–water partition coefficient (Wildman–Crippen LogP) is 4.58. The number of Topliss-reactive ketones (excluding diaryl/α,β-unsaturated/α-hetero) is 1.